The summed E-state index contributed by atoms with van der Waals surface area (Å²) >= 11 is 6.12. The first-order valence-corrected chi connectivity index (χ1v) is 6.39. The molecule has 18 heavy (non-hydrogen) atoms. The number of hydrogen-bond acceptors (Lipinski definition) is 3. The van der Waals surface area contributed by atoms with Gasteiger partial charge in [-0.05, 0) is 36.5 Å². The van der Waals surface area contributed by atoms with Crippen LogP contribution < -0.4 is 4.74 Å². The number of carbonyl (C=O) groups excluding carboxylic acids is 1. The van der Waals surface area contributed by atoms with E-state index in [4.69, 9.17) is 16.3 Å². The van der Waals surface area contributed by atoms with Gasteiger partial charge >= 0.3 is 0 Å². The second-order valence-corrected chi connectivity index (χ2v) is 5.40. The number of rotatable bonds is 4. The van der Waals surface area contributed by atoms with Crippen LogP contribution >= 0.6 is 11.6 Å². The van der Waals surface area contributed by atoms with Crippen molar-refractivity contribution in [2.75, 3.05) is 7.11 Å². The average Bonchev–Trinajstić information content (AvgIpc) is 3.08. The summed E-state index contributed by atoms with van der Waals surface area (Å²) in [6, 6.07) is 3.70. The van der Waals surface area contributed by atoms with Crippen molar-refractivity contribution in [3.63, 3.8) is 0 Å². The smallest absolute Gasteiger partial charge is 0.235 e. The molecule has 0 atom stereocenters. The molecule has 0 aliphatic heterocycles. The summed E-state index contributed by atoms with van der Waals surface area (Å²) in [7, 11) is 1.63. The van der Waals surface area contributed by atoms with Gasteiger partial charge < -0.3 is 4.74 Å². The highest BCUT2D eigenvalue weighted by molar-refractivity contribution is 6.30. The molecule has 0 heterocycles. The third-order valence-corrected chi connectivity index (χ3v) is 3.61. The number of ether oxygens (including phenoxy) is 1. The maximum Gasteiger partial charge on any atom is 0.235 e. The number of methoxy groups -OCH3 is 1. The molecule has 0 aromatic heterocycles. The molecule has 1 fully saturated rings. The zero-order valence-electron chi connectivity index (χ0n) is 10.8. The zero-order chi connectivity index (χ0) is 13.3. The first-order valence-electron chi connectivity index (χ1n) is 6.01. The molecule has 0 bridgehead atoms. The fraction of sp³-hybridized carbons (Fsp3) is 0.500. The standard InChI is InChI=1S/C14H16ClNO2/c1-9(2)13-11(14(4-5-14)16-8-17)6-10(15)7-12(13)18-3/h6-7,9H,4-5H2,1-3H3. The molecule has 0 spiro atoms. The molecular formula is C14H16ClNO2. The molecule has 0 amide bonds. The number of nitrogens with zero attached hydrogens (tertiary/aromatic N) is 1. The van der Waals surface area contributed by atoms with Gasteiger partial charge in [0.2, 0.25) is 6.08 Å². The highest BCUT2D eigenvalue weighted by atomic mass is 35.5. The van der Waals surface area contributed by atoms with E-state index in [0.717, 1.165) is 29.7 Å². The lowest BCUT2D eigenvalue weighted by Crippen LogP contribution is -2.09. The van der Waals surface area contributed by atoms with Gasteiger partial charge in [0, 0.05) is 10.6 Å². The molecule has 1 saturated carbocycles. The molecule has 1 aliphatic carbocycles. The lowest BCUT2D eigenvalue weighted by Gasteiger charge is -2.20. The Balaban J connectivity index is 2.65. The Kier molecular flexibility index (Phi) is 3.47. The quantitative estimate of drug-likeness (QED) is 0.614. The van der Waals surface area contributed by atoms with Crippen LogP contribution in [0.15, 0.2) is 17.1 Å². The Hall–Kier alpha value is -1.31. The van der Waals surface area contributed by atoms with Crippen LogP contribution in [0.4, 0.5) is 0 Å². The largest absolute Gasteiger partial charge is 0.496 e. The molecule has 1 aromatic carbocycles. The Morgan fingerprint density at radius 2 is 2.11 bits per heavy atom. The predicted octanol–water partition coefficient (Wildman–Crippen LogP) is 3.80. The highest BCUT2D eigenvalue weighted by Gasteiger charge is 2.47. The number of aliphatic imine (C=N–C) groups is 1. The van der Waals surface area contributed by atoms with Crippen molar-refractivity contribution in [1.29, 1.82) is 0 Å². The minimum atomic E-state index is -0.417. The zero-order valence-corrected chi connectivity index (χ0v) is 11.5. The summed E-state index contributed by atoms with van der Waals surface area (Å²) < 4.78 is 5.40. The van der Waals surface area contributed by atoms with E-state index < -0.39 is 5.54 Å². The summed E-state index contributed by atoms with van der Waals surface area (Å²) in [5.41, 5.74) is 1.67. The van der Waals surface area contributed by atoms with E-state index in [-0.39, 0.29) is 5.92 Å². The fourth-order valence-electron chi connectivity index (χ4n) is 2.39. The van der Waals surface area contributed by atoms with Gasteiger partial charge in [-0.1, -0.05) is 25.4 Å². The van der Waals surface area contributed by atoms with Crippen molar-refractivity contribution in [1.82, 2.24) is 0 Å². The Labute approximate surface area is 112 Å². The van der Waals surface area contributed by atoms with Crippen LogP contribution in [0.5, 0.6) is 5.75 Å². The lowest BCUT2D eigenvalue weighted by atomic mass is 9.90. The summed E-state index contributed by atoms with van der Waals surface area (Å²) in [4.78, 5) is 14.6. The number of hydrogen-bond donors (Lipinski definition) is 0. The van der Waals surface area contributed by atoms with Crippen molar-refractivity contribution >= 4 is 17.7 Å². The molecule has 0 radical (unpaired) electrons. The lowest BCUT2D eigenvalue weighted by molar-refractivity contribution is 0.405. The molecular weight excluding hydrogens is 250 g/mol. The van der Waals surface area contributed by atoms with Crippen molar-refractivity contribution in [2.45, 2.75) is 38.1 Å². The van der Waals surface area contributed by atoms with Gasteiger partial charge in [-0.3, -0.25) is 0 Å². The second kappa shape index (κ2) is 4.75. The van der Waals surface area contributed by atoms with Crippen molar-refractivity contribution in [3.8, 4) is 5.75 Å². The summed E-state index contributed by atoms with van der Waals surface area (Å²) in [6.45, 7) is 4.19. The molecule has 0 N–H and O–H groups in total. The van der Waals surface area contributed by atoms with E-state index >= 15 is 0 Å². The minimum Gasteiger partial charge on any atom is -0.496 e. The summed E-state index contributed by atoms with van der Waals surface area (Å²) in [5, 5.41) is 0.610. The molecule has 4 heteroatoms. The van der Waals surface area contributed by atoms with E-state index in [0.29, 0.717) is 5.02 Å². The van der Waals surface area contributed by atoms with Gasteiger partial charge in [0.05, 0.1) is 12.6 Å². The van der Waals surface area contributed by atoms with Gasteiger partial charge in [-0.2, -0.15) is 4.99 Å². The molecule has 1 aromatic rings. The van der Waals surface area contributed by atoms with E-state index in [1.165, 1.54) is 0 Å². The number of benzene rings is 1. The summed E-state index contributed by atoms with van der Waals surface area (Å²) in [6.07, 6.45) is 3.42. The Bertz CT molecular complexity index is 515. The van der Waals surface area contributed by atoms with Crippen LogP contribution in [0.3, 0.4) is 0 Å². The molecule has 3 nitrogen and oxygen atoms in total. The van der Waals surface area contributed by atoms with E-state index in [2.05, 4.69) is 18.8 Å². The molecule has 1 aliphatic rings. The van der Waals surface area contributed by atoms with Crippen molar-refractivity contribution in [2.24, 2.45) is 4.99 Å². The monoisotopic (exact) mass is 265 g/mol. The fourth-order valence-corrected chi connectivity index (χ4v) is 2.60. The van der Waals surface area contributed by atoms with Gasteiger partial charge in [0.25, 0.3) is 0 Å². The molecule has 96 valence electrons. The van der Waals surface area contributed by atoms with Crippen LogP contribution in [0.1, 0.15) is 43.7 Å². The van der Waals surface area contributed by atoms with Crippen molar-refractivity contribution < 1.29 is 9.53 Å². The van der Waals surface area contributed by atoms with E-state index in [9.17, 15) is 4.79 Å². The van der Waals surface area contributed by atoms with E-state index in [1.54, 1.807) is 19.3 Å². The predicted molar refractivity (Wildman–Crippen MR) is 71.1 cm³/mol. The first-order chi connectivity index (χ1) is 8.54. The molecule has 0 saturated heterocycles. The van der Waals surface area contributed by atoms with Crippen LogP contribution in [0, 0.1) is 0 Å². The van der Waals surface area contributed by atoms with Crippen LogP contribution in [-0.2, 0) is 10.3 Å². The molecule has 0 unspecified atom stereocenters. The highest BCUT2D eigenvalue weighted by Crippen LogP contribution is 2.53. The van der Waals surface area contributed by atoms with Gasteiger partial charge in [-0.25, -0.2) is 4.79 Å². The third kappa shape index (κ3) is 2.16. The number of halogens is 1. The van der Waals surface area contributed by atoms with E-state index in [1.807, 2.05) is 6.07 Å². The number of isocyanates is 1. The van der Waals surface area contributed by atoms with Gasteiger partial charge in [-0.15, -0.1) is 0 Å². The Morgan fingerprint density at radius 1 is 1.44 bits per heavy atom. The maximum absolute atomic E-state index is 10.6. The first kappa shape index (κ1) is 13.1. The van der Waals surface area contributed by atoms with Crippen LogP contribution in [0.25, 0.3) is 0 Å². The minimum absolute atomic E-state index is 0.284. The van der Waals surface area contributed by atoms with Crippen LogP contribution in [0.2, 0.25) is 5.02 Å². The topological polar surface area (TPSA) is 38.7 Å². The molecule has 2 rings (SSSR count). The third-order valence-electron chi connectivity index (χ3n) is 3.39. The van der Waals surface area contributed by atoms with Gasteiger partial charge in [0.15, 0.2) is 0 Å². The summed E-state index contributed by atoms with van der Waals surface area (Å²) in [5.74, 6) is 1.05. The SMILES string of the molecule is COc1cc(Cl)cc(C2(N=C=O)CC2)c1C(C)C. The maximum atomic E-state index is 10.6. The van der Waals surface area contributed by atoms with Gasteiger partial charge in [0.1, 0.15) is 5.75 Å². The Morgan fingerprint density at radius 3 is 2.56 bits per heavy atom. The average molecular weight is 266 g/mol. The second-order valence-electron chi connectivity index (χ2n) is 4.96. The van der Waals surface area contributed by atoms with Crippen LogP contribution in [-0.4, -0.2) is 13.2 Å². The normalized spacial score (nSPS) is 16.3. The van der Waals surface area contributed by atoms with Crippen molar-refractivity contribution in [3.05, 3.63) is 28.3 Å².